The van der Waals surface area contributed by atoms with Crippen LogP contribution in [-0.2, 0) is 9.59 Å². The number of carbonyl (C=O) groups is 2. The molecule has 3 aromatic rings. The number of Topliss-reactive ketones (excluding diaryl/α,β-unsaturated/α-hetero) is 1. The molecule has 0 bridgehead atoms. The number of aliphatic hydroxyl groups excluding tert-OH is 1. The lowest BCUT2D eigenvalue weighted by atomic mass is 9.94. The monoisotopic (exact) mass is 419 g/mol. The van der Waals surface area contributed by atoms with Gasteiger partial charge in [0.2, 0.25) is 0 Å². The van der Waals surface area contributed by atoms with Gasteiger partial charge in [-0.05, 0) is 30.3 Å². The molecule has 30 heavy (non-hydrogen) atoms. The van der Waals surface area contributed by atoms with Gasteiger partial charge in [-0.2, -0.15) is 0 Å². The van der Waals surface area contributed by atoms with Crippen LogP contribution in [0.2, 0.25) is 5.02 Å². The van der Waals surface area contributed by atoms with E-state index in [1.165, 1.54) is 12.0 Å². The minimum atomic E-state index is -0.859. The van der Waals surface area contributed by atoms with Crippen LogP contribution in [0, 0.1) is 0 Å². The molecule has 0 aliphatic carbocycles. The molecule has 1 N–H and O–H groups in total. The summed E-state index contributed by atoms with van der Waals surface area (Å²) in [5.41, 5.74) is 1.47. The van der Waals surface area contributed by atoms with Crippen LogP contribution < -0.4 is 9.64 Å². The van der Waals surface area contributed by atoms with E-state index in [0.717, 1.165) is 0 Å². The number of benzene rings is 3. The molecule has 150 valence electrons. The number of amides is 1. The summed E-state index contributed by atoms with van der Waals surface area (Å²) in [7, 11) is 1.52. The molecule has 1 atom stereocenters. The Hall–Kier alpha value is -3.57. The Balaban J connectivity index is 1.99. The molecule has 1 fully saturated rings. The average molecular weight is 420 g/mol. The van der Waals surface area contributed by atoms with Crippen molar-refractivity contribution in [2.45, 2.75) is 6.04 Å². The number of rotatable bonds is 4. The van der Waals surface area contributed by atoms with Crippen molar-refractivity contribution in [3.8, 4) is 5.75 Å². The van der Waals surface area contributed by atoms with Crippen molar-refractivity contribution in [3.63, 3.8) is 0 Å². The van der Waals surface area contributed by atoms with Crippen LogP contribution in [0.5, 0.6) is 5.75 Å². The van der Waals surface area contributed by atoms with Gasteiger partial charge in [0.05, 0.1) is 18.7 Å². The van der Waals surface area contributed by atoms with Gasteiger partial charge in [0.15, 0.2) is 0 Å². The fraction of sp³-hybridized carbons (Fsp3) is 0.0833. The molecular formula is C24H18ClNO4. The van der Waals surface area contributed by atoms with Gasteiger partial charge in [0.25, 0.3) is 11.7 Å². The van der Waals surface area contributed by atoms with Gasteiger partial charge in [0.1, 0.15) is 11.5 Å². The Bertz CT molecular complexity index is 1160. The zero-order valence-corrected chi connectivity index (χ0v) is 16.8. The van der Waals surface area contributed by atoms with Crippen molar-refractivity contribution in [3.05, 3.63) is 101 Å². The van der Waals surface area contributed by atoms with E-state index in [1.807, 2.05) is 6.07 Å². The molecule has 4 rings (SSSR count). The van der Waals surface area contributed by atoms with E-state index in [0.29, 0.717) is 27.6 Å². The third-order valence-electron chi connectivity index (χ3n) is 5.01. The van der Waals surface area contributed by atoms with Crippen LogP contribution in [-0.4, -0.2) is 23.9 Å². The van der Waals surface area contributed by atoms with E-state index >= 15 is 0 Å². The summed E-state index contributed by atoms with van der Waals surface area (Å²) in [6.45, 7) is 0. The Morgan fingerprint density at radius 2 is 1.67 bits per heavy atom. The van der Waals surface area contributed by atoms with Gasteiger partial charge in [-0.15, -0.1) is 0 Å². The first-order chi connectivity index (χ1) is 14.5. The van der Waals surface area contributed by atoms with Crippen molar-refractivity contribution in [1.82, 2.24) is 0 Å². The molecule has 1 unspecified atom stereocenters. The second-order valence-corrected chi connectivity index (χ2v) is 7.19. The van der Waals surface area contributed by atoms with Crippen molar-refractivity contribution < 1.29 is 19.4 Å². The van der Waals surface area contributed by atoms with Crippen LogP contribution in [0.1, 0.15) is 17.2 Å². The number of aliphatic hydroxyl groups is 1. The van der Waals surface area contributed by atoms with Crippen LogP contribution in [0.25, 0.3) is 5.76 Å². The maximum Gasteiger partial charge on any atom is 0.300 e. The average Bonchev–Trinajstić information content (AvgIpc) is 3.04. The van der Waals surface area contributed by atoms with E-state index < -0.39 is 17.7 Å². The maximum atomic E-state index is 13.1. The van der Waals surface area contributed by atoms with Gasteiger partial charge in [-0.25, -0.2) is 0 Å². The molecular weight excluding hydrogens is 402 g/mol. The molecule has 0 spiro atoms. The predicted molar refractivity (Wildman–Crippen MR) is 116 cm³/mol. The summed E-state index contributed by atoms with van der Waals surface area (Å²) in [5, 5.41) is 11.5. The number of ketones is 1. The van der Waals surface area contributed by atoms with Gasteiger partial charge >= 0.3 is 0 Å². The third-order valence-corrected chi connectivity index (χ3v) is 5.25. The molecule has 0 radical (unpaired) electrons. The fourth-order valence-electron chi connectivity index (χ4n) is 3.67. The quantitative estimate of drug-likeness (QED) is 0.368. The fourth-order valence-corrected chi connectivity index (χ4v) is 3.86. The number of hydrogen-bond donors (Lipinski definition) is 1. The second-order valence-electron chi connectivity index (χ2n) is 6.76. The highest BCUT2D eigenvalue weighted by Crippen LogP contribution is 2.44. The largest absolute Gasteiger partial charge is 0.507 e. The number of nitrogens with zero attached hydrogens (tertiary/aromatic N) is 1. The number of carbonyl (C=O) groups excluding carboxylic acids is 2. The van der Waals surface area contributed by atoms with Crippen molar-refractivity contribution in [2.75, 3.05) is 12.0 Å². The molecule has 1 amide bonds. The van der Waals surface area contributed by atoms with E-state index in [1.54, 1.807) is 72.8 Å². The van der Waals surface area contributed by atoms with E-state index in [4.69, 9.17) is 16.3 Å². The summed E-state index contributed by atoms with van der Waals surface area (Å²) >= 11 is 6.07. The van der Waals surface area contributed by atoms with Crippen LogP contribution in [0.4, 0.5) is 5.69 Å². The molecule has 6 heteroatoms. The molecule has 0 aromatic heterocycles. The molecule has 3 aromatic carbocycles. The normalized spacial score (nSPS) is 17.9. The number of hydrogen-bond acceptors (Lipinski definition) is 4. The smallest absolute Gasteiger partial charge is 0.300 e. The second kappa shape index (κ2) is 8.05. The molecule has 1 aliphatic heterocycles. The third kappa shape index (κ3) is 3.33. The first-order valence-corrected chi connectivity index (χ1v) is 9.65. The van der Waals surface area contributed by atoms with E-state index in [9.17, 15) is 14.7 Å². The Kier molecular flexibility index (Phi) is 5.29. The van der Waals surface area contributed by atoms with Gasteiger partial charge in [-0.1, -0.05) is 60.1 Å². The zero-order valence-electron chi connectivity index (χ0n) is 16.1. The first kappa shape index (κ1) is 19.7. The summed E-state index contributed by atoms with van der Waals surface area (Å²) in [6, 6.07) is 21.7. The van der Waals surface area contributed by atoms with Gasteiger partial charge in [-0.3, -0.25) is 14.5 Å². The van der Waals surface area contributed by atoms with Crippen molar-refractivity contribution >= 4 is 34.7 Å². The highest BCUT2D eigenvalue weighted by molar-refractivity contribution is 6.51. The zero-order chi connectivity index (χ0) is 21.3. The number of para-hydroxylation sites is 2. The standard InChI is InChI=1S/C24H18ClNO4/c1-30-19-13-6-5-12-18(19)21-20(22(27)15-8-7-9-16(25)14-15)23(28)24(29)26(21)17-10-3-2-4-11-17/h2-14,21,27H,1H3/b22-20-. The van der Waals surface area contributed by atoms with Crippen LogP contribution >= 0.6 is 11.6 Å². The number of methoxy groups -OCH3 is 1. The molecule has 5 nitrogen and oxygen atoms in total. The minimum Gasteiger partial charge on any atom is -0.507 e. The number of ether oxygens (including phenoxy) is 1. The molecule has 0 saturated carbocycles. The van der Waals surface area contributed by atoms with Crippen molar-refractivity contribution in [1.29, 1.82) is 0 Å². The lowest BCUT2D eigenvalue weighted by Gasteiger charge is -2.26. The number of anilines is 1. The lowest BCUT2D eigenvalue weighted by molar-refractivity contribution is -0.132. The van der Waals surface area contributed by atoms with E-state index in [2.05, 4.69) is 0 Å². The first-order valence-electron chi connectivity index (χ1n) is 9.28. The highest BCUT2D eigenvalue weighted by Gasteiger charge is 2.47. The van der Waals surface area contributed by atoms with Crippen LogP contribution in [0.3, 0.4) is 0 Å². The summed E-state index contributed by atoms with van der Waals surface area (Å²) in [6.07, 6.45) is 0. The highest BCUT2D eigenvalue weighted by atomic mass is 35.5. The maximum absolute atomic E-state index is 13.1. The summed E-state index contributed by atoms with van der Waals surface area (Å²) in [4.78, 5) is 27.5. The molecule has 1 heterocycles. The topological polar surface area (TPSA) is 66.8 Å². The Labute approximate surface area is 178 Å². The Morgan fingerprint density at radius 1 is 0.967 bits per heavy atom. The van der Waals surface area contributed by atoms with Crippen molar-refractivity contribution in [2.24, 2.45) is 0 Å². The Morgan fingerprint density at radius 3 is 2.37 bits per heavy atom. The molecule has 1 aliphatic rings. The SMILES string of the molecule is COc1ccccc1C1/C(=C(/O)c2cccc(Cl)c2)C(=O)C(=O)N1c1ccccc1. The summed E-state index contributed by atoms with van der Waals surface area (Å²) < 4.78 is 5.49. The minimum absolute atomic E-state index is 0.0179. The predicted octanol–water partition coefficient (Wildman–Crippen LogP) is 4.97. The van der Waals surface area contributed by atoms with Gasteiger partial charge < -0.3 is 9.84 Å². The van der Waals surface area contributed by atoms with Crippen LogP contribution in [0.15, 0.2) is 84.4 Å². The van der Waals surface area contributed by atoms with E-state index in [-0.39, 0.29) is 11.3 Å². The summed E-state index contributed by atoms with van der Waals surface area (Å²) in [5.74, 6) is -1.28. The number of halogens is 1. The molecule has 1 saturated heterocycles. The lowest BCUT2D eigenvalue weighted by Crippen LogP contribution is -2.29. The van der Waals surface area contributed by atoms with Gasteiger partial charge in [0, 0.05) is 21.8 Å².